The highest BCUT2D eigenvalue weighted by molar-refractivity contribution is 6.19. The van der Waals surface area contributed by atoms with Crippen LogP contribution >= 0.6 is 11.6 Å². The Balaban J connectivity index is 2.15. The first-order valence-electron chi connectivity index (χ1n) is 7.61. The number of hydrogen-bond acceptors (Lipinski definition) is 3. The quantitative estimate of drug-likeness (QED) is 0.532. The number of hydrogen-bond donors (Lipinski definition) is 0. The Kier molecular flexibility index (Phi) is 6.40. The Morgan fingerprint density at radius 1 is 1.36 bits per heavy atom. The van der Waals surface area contributed by atoms with Crippen LogP contribution in [0.5, 0.6) is 5.88 Å². The summed E-state index contributed by atoms with van der Waals surface area (Å²) in [5, 5.41) is 2.10. The summed E-state index contributed by atoms with van der Waals surface area (Å²) in [6.07, 6.45) is 3.16. The Morgan fingerprint density at radius 3 is 2.86 bits per heavy atom. The van der Waals surface area contributed by atoms with Crippen LogP contribution in [0.1, 0.15) is 25.5 Å². The molecule has 120 valence electrons. The van der Waals surface area contributed by atoms with Crippen molar-refractivity contribution < 1.29 is 9.13 Å². The van der Waals surface area contributed by atoms with E-state index in [9.17, 15) is 4.39 Å². The van der Waals surface area contributed by atoms with Gasteiger partial charge < -0.3 is 4.74 Å². The summed E-state index contributed by atoms with van der Waals surface area (Å²) in [4.78, 5) is 5.99. The van der Waals surface area contributed by atoms with Crippen LogP contribution < -0.4 is 4.74 Å². The third-order valence-electron chi connectivity index (χ3n) is 3.56. The summed E-state index contributed by atoms with van der Waals surface area (Å²) in [7, 11) is 1.62. The highest BCUT2D eigenvalue weighted by atomic mass is 35.5. The van der Waals surface area contributed by atoms with Crippen molar-refractivity contribution >= 4 is 22.4 Å². The summed E-state index contributed by atoms with van der Waals surface area (Å²) in [6, 6.07) is 10.1. The van der Waals surface area contributed by atoms with E-state index in [1.807, 2.05) is 18.2 Å². The number of halogens is 2. The highest BCUT2D eigenvalue weighted by Crippen LogP contribution is 2.25. The van der Waals surface area contributed by atoms with Crippen molar-refractivity contribution in [1.29, 1.82) is 0 Å². The van der Waals surface area contributed by atoms with E-state index in [4.69, 9.17) is 16.3 Å². The zero-order valence-electron chi connectivity index (χ0n) is 13.1. The van der Waals surface area contributed by atoms with Crippen molar-refractivity contribution in [3.63, 3.8) is 0 Å². The molecule has 0 saturated heterocycles. The predicted octanol–water partition coefficient (Wildman–Crippen LogP) is 4.38. The van der Waals surface area contributed by atoms with Gasteiger partial charge in [-0.1, -0.05) is 43.1 Å². The third-order valence-corrected chi connectivity index (χ3v) is 3.89. The van der Waals surface area contributed by atoms with Gasteiger partial charge in [0, 0.05) is 17.6 Å². The van der Waals surface area contributed by atoms with Gasteiger partial charge in [-0.05, 0) is 37.4 Å². The van der Waals surface area contributed by atoms with Crippen LogP contribution in [0.4, 0.5) is 4.39 Å². The summed E-state index contributed by atoms with van der Waals surface area (Å²) in [6.45, 7) is 2.91. The molecule has 0 bridgehead atoms. The molecule has 5 heteroatoms. The van der Waals surface area contributed by atoms with Crippen LogP contribution in [-0.2, 0) is 6.42 Å². The summed E-state index contributed by atoms with van der Waals surface area (Å²) < 4.78 is 18.7. The topological polar surface area (TPSA) is 25.4 Å². The number of nitrogens with zero attached hydrogens (tertiary/aromatic N) is 2. The standard InChI is InChI=1S/C17H22ClFN2O/c1-3-4-8-14-12-13-7-5-6-9-15(13)16(20-14)22-11-10-21(2)17(18)19/h5-7,9,12,17H,3-4,8,10-11H2,1-2H3. The lowest BCUT2D eigenvalue weighted by molar-refractivity contribution is 0.153. The van der Waals surface area contributed by atoms with E-state index in [1.165, 1.54) is 4.90 Å². The zero-order valence-corrected chi connectivity index (χ0v) is 13.8. The van der Waals surface area contributed by atoms with Gasteiger partial charge in [0.2, 0.25) is 11.6 Å². The van der Waals surface area contributed by atoms with Crippen LogP contribution in [0.25, 0.3) is 10.8 Å². The molecule has 0 fully saturated rings. The Morgan fingerprint density at radius 2 is 2.14 bits per heavy atom. The van der Waals surface area contributed by atoms with Gasteiger partial charge in [-0.3, -0.25) is 4.90 Å². The lowest BCUT2D eigenvalue weighted by Crippen LogP contribution is -2.28. The first-order valence-corrected chi connectivity index (χ1v) is 8.05. The maximum atomic E-state index is 12.9. The van der Waals surface area contributed by atoms with E-state index in [0.717, 1.165) is 35.7 Å². The molecular weight excluding hydrogens is 303 g/mol. The van der Waals surface area contributed by atoms with Crippen molar-refractivity contribution in [2.24, 2.45) is 0 Å². The lowest BCUT2D eigenvalue weighted by atomic mass is 10.1. The molecule has 0 amide bonds. The molecule has 0 aliphatic carbocycles. The molecule has 0 saturated carbocycles. The van der Waals surface area contributed by atoms with E-state index in [-0.39, 0.29) is 0 Å². The molecule has 0 N–H and O–H groups in total. The van der Waals surface area contributed by atoms with Gasteiger partial charge >= 0.3 is 0 Å². The molecule has 0 aliphatic heterocycles. The number of rotatable bonds is 8. The minimum atomic E-state index is -1.50. The maximum Gasteiger partial charge on any atom is 0.228 e. The molecule has 1 heterocycles. The van der Waals surface area contributed by atoms with Crippen molar-refractivity contribution in [2.45, 2.75) is 31.9 Å². The largest absolute Gasteiger partial charge is 0.476 e. The first kappa shape index (κ1) is 17.0. The maximum absolute atomic E-state index is 12.9. The monoisotopic (exact) mass is 324 g/mol. The molecule has 0 spiro atoms. The smallest absolute Gasteiger partial charge is 0.228 e. The number of aromatic nitrogens is 1. The Labute approximate surface area is 136 Å². The molecule has 22 heavy (non-hydrogen) atoms. The number of benzene rings is 1. The first-order chi connectivity index (χ1) is 10.6. The molecule has 2 aromatic rings. The molecule has 1 aromatic heterocycles. The summed E-state index contributed by atoms with van der Waals surface area (Å²) in [5.41, 5.74) is 1.03. The number of aryl methyl sites for hydroxylation is 1. The van der Waals surface area contributed by atoms with Crippen molar-refractivity contribution in [1.82, 2.24) is 9.88 Å². The number of pyridine rings is 1. The average molecular weight is 325 g/mol. The van der Waals surface area contributed by atoms with Gasteiger partial charge in [0.05, 0.1) is 0 Å². The summed E-state index contributed by atoms with van der Waals surface area (Å²) in [5.74, 6) is -0.883. The van der Waals surface area contributed by atoms with Gasteiger partial charge in [0.25, 0.3) is 0 Å². The SMILES string of the molecule is CCCCc1cc2ccccc2c(OCCN(C)C(F)Cl)n1. The number of unbranched alkanes of at least 4 members (excludes halogenated alkanes) is 1. The van der Waals surface area contributed by atoms with Gasteiger partial charge in [0.15, 0.2) is 0 Å². The Bertz CT molecular complexity index is 606. The van der Waals surface area contributed by atoms with E-state index in [1.54, 1.807) is 7.05 Å². The van der Waals surface area contributed by atoms with Gasteiger partial charge in [0.1, 0.15) is 6.61 Å². The van der Waals surface area contributed by atoms with Crippen molar-refractivity contribution in [2.75, 3.05) is 20.2 Å². The van der Waals surface area contributed by atoms with Crippen LogP contribution in [0.2, 0.25) is 0 Å². The second-order valence-electron chi connectivity index (χ2n) is 5.35. The van der Waals surface area contributed by atoms with Gasteiger partial charge in [-0.15, -0.1) is 0 Å². The van der Waals surface area contributed by atoms with Gasteiger partial charge in [-0.25, -0.2) is 9.37 Å². The molecule has 0 aliphatic rings. The number of likely N-dealkylation sites (N-methyl/N-ethyl adjacent to an activating group) is 1. The lowest BCUT2D eigenvalue weighted by Gasteiger charge is -2.17. The molecule has 1 unspecified atom stereocenters. The minimum absolute atomic E-state index is 0.345. The molecule has 1 aromatic carbocycles. The van der Waals surface area contributed by atoms with E-state index in [0.29, 0.717) is 19.0 Å². The highest BCUT2D eigenvalue weighted by Gasteiger charge is 2.10. The normalized spacial score (nSPS) is 12.8. The zero-order chi connectivity index (χ0) is 15.9. The molecule has 2 rings (SSSR count). The fourth-order valence-corrected chi connectivity index (χ4v) is 2.30. The van der Waals surface area contributed by atoms with E-state index < -0.39 is 5.75 Å². The number of alkyl halides is 2. The Hall–Kier alpha value is -1.39. The van der Waals surface area contributed by atoms with Crippen molar-refractivity contribution in [3.05, 3.63) is 36.0 Å². The molecule has 3 nitrogen and oxygen atoms in total. The van der Waals surface area contributed by atoms with Crippen molar-refractivity contribution in [3.8, 4) is 5.88 Å². The third kappa shape index (κ3) is 4.55. The van der Waals surface area contributed by atoms with Gasteiger partial charge in [-0.2, -0.15) is 0 Å². The molecule has 0 radical (unpaired) electrons. The second-order valence-corrected chi connectivity index (χ2v) is 5.71. The fraction of sp³-hybridized carbons (Fsp3) is 0.471. The predicted molar refractivity (Wildman–Crippen MR) is 89.2 cm³/mol. The second kappa shape index (κ2) is 8.30. The van der Waals surface area contributed by atoms with Crippen LogP contribution in [-0.4, -0.2) is 35.8 Å². The molecule has 1 atom stereocenters. The molecular formula is C17H22ClFN2O. The fourth-order valence-electron chi connectivity index (χ4n) is 2.20. The van der Waals surface area contributed by atoms with Crippen LogP contribution in [0, 0.1) is 0 Å². The minimum Gasteiger partial charge on any atom is -0.476 e. The van der Waals surface area contributed by atoms with Crippen LogP contribution in [0.15, 0.2) is 30.3 Å². The van der Waals surface area contributed by atoms with Crippen LogP contribution in [0.3, 0.4) is 0 Å². The number of fused-ring (bicyclic) bond motifs is 1. The average Bonchev–Trinajstić information content (AvgIpc) is 2.52. The van der Waals surface area contributed by atoms with E-state index in [2.05, 4.69) is 24.0 Å². The van der Waals surface area contributed by atoms with E-state index >= 15 is 0 Å². The summed E-state index contributed by atoms with van der Waals surface area (Å²) >= 11 is 5.38. The number of ether oxygens (including phenoxy) is 1.